The van der Waals surface area contributed by atoms with Crippen molar-refractivity contribution < 1.29 is 17.9 Å². The number of hydrogen-bond acceptors (Lipinski definition) is 5. The van der Waals surface area contributed by atoms with Crippen molar-refractivity contribution in [3.63, 3.8) is 0 Å². The molecule has 0 atom stereocenters. The molecule has 4 N–H and O–H groups in total. The van der Waals surface area contributed by atoms with E-state index in [0.717, 1.165) is 0 Å². The fourth-order valence-corrected chi connectivity index (χ4v) is 2.01. The molecule has 0 aromatic carbocycles. The molecule has 0 spiro atoms. The Morgan fingerprint density at radius 2 is 2.00 bits per heavy atom. The molecule has 0 bridgehead atoms. The Kier molecular flexibility index (Phi) is 6.43. The van der Waals surface area contributed by atoms with Crippen LogP contribution in [0.1, 0.15) is 27.2 Å². The van der Waals surface area contributed by atoms with Gasteiger partial charge in [0.1, 0.15) is 0 Å². The molecule has 0 saturated carbocycles. The molecule has 0 aliphatic carbocycles. The first kappa shape index (κ1) is 16.1. The van der Waals surface area contributed by atoms with Crippen LogP contribution < -0.4 is 15.2 Å². The lowest BCUT2D eigenvalue weighted by atomic mass is 9.90. The van der Waals surface area contributed by atoms with Gasteiger partial charge in [-0.05, 0) is 25.3 Å². The van der Waals surface area contributed by atoms with Crippen molar-refractivity contribution in [3.8, 4) is 0 Å². The van der Waals surface area contributed by atoms with E-state index >= 15 is 0 Å². The van der Waals surface area contributed by atoms with Gasteiger partial charge in [0, 0.05) is 6.54 Å². The van der Waals surface area contributed by atoms with Gasteiger partial charge in [-0.3, -0.25) is 0 Å². The summed E-state index contributed by atoms with van der Waals surface area (Å²) >= 11 is 0. The second kappa shape index (κ2) is 6.77. The number of ether oxygens (including phenoxy) is 1. The van der Waals surface area contributed by atoms with Gasteiger partial charge in [0.15, 0.2) is 0 Å². The molecule has 0 unspecified atom stereocenters. The van der Waals surface area contributed by atoms with Gasteiger partial charge in [-0.15, -0.1) is 0 Å². The van der Waals surface area contributed by atoms with E-state index in [2.05, 4.69) is 9.46 Å². The summed E-state index contributed by atoms with van der Waals surface area (Å²) in [6.45, 7) is 6.13. The lowest BCUT2D eigenvalue weighted by Gasteiger charge is -2.23. The zero-order valence-electron chi connectivity index (χ0n) is 10.4. The van der Waals surface area contributed by atoms with Crippen molar-refractivity contribution in [2.45, 2.75) is 27.2 Å². The van der Waals surface area contributed by atoms with Crippen LogP contribution in [0.4, 0.5) is 4.79 Å². The van der Waals surface area contributed by atoms with Crippen LogP contribution >= 0.6 is 0 Å². The minimum absolute atomic E-state index is 0.111. The van der Waals surface area contributed by atoms with Crippen LogP contribution in [-0.2, 0) is 14.9 Å². The van der Waals surface area contributed by atoms with Crippen molar-refractivity contribution in [2.75, 3.05) is 19.7 Å². The van der Waals surface area contributed by atoms with Crippen molar-refractivity contribution in [1.29, 1.82) is 0 Å². The molecule has 102 valence electrons. The van der Waals surface area contributed by atoms with Crippen molar-refractivity contribution in [3.05, 3.63) is 0 Å². The first-order valence-electron chi connectivity index (χ1n) is 5.36. The van der Waals surface area contributed by atoms with Gasteiger partial charge in [-0.1, -0.05) is 13.8 Å². The number of rotatable bonds is 7. The Hall–Kier alpha value is -0.860. The van der Waals surface area contributed by atoms with Gasteiger partial charge < -0.3 is 10.5 Å². The van der Waals surface area contributed by atoms with E-state index in [-0.39, 0.29) is 18.6 Å². The summed E-state index contributed by atoms with van der Waals surface area (Å²) in [6, 6.07) is 0. The molecular formula is C9H21N3O4S. The highest BCUT2D eigenvalue weighted by Gasteiger charge is 2.21. The molecule has 7 nitrogen and oxygen atoms in total. The average Bonchev–Trinajstić information content (AvgIpc) is 2.15. The van der Waals surface area contributed by atoms with Gasteiger partial charge in [-0.2, -0.15) is 13.1 Å². The van der Waals surface area contributed by atoms with Gasteiger partial charge in [-0.25, -0.2) is 9.52 Å². The average molecular weight is 267 g/mol. The highest BCUT2D eigenvalue weighted by Crippen LogP contribution is 2.17. The predicted octanol–water partition coefficient (Wildman–Crippen LogP) is -0.0581. The highest BCUT2D eigenvalue weighted by atomic mass is 32.2. The summed E-state index contributed by atoms with van der Waals surface area (Å²) in [5.41, 5.74) is 5.14. The van der Waals surface area contributed by atoms with E-state index in [1.807, 2.05) is 13.8 Å². The third-order valence-electron chi connectivity index (χ3n) is 2.05. The van der Waals surface area contributed by atoms with E-state index in [9.17, 15) is 13.2 Å². The van der Waals surface area contributed by atoms with Crippen LogP contribution in [0.2, 0.25) is 0 Å². The molecule has 8 heteroatoms. The van der Waals surface area contributed by atoms with Crippen LogP contribution in [0, 0.1) is 5.41 Å². The standard InChI is InChI=1S/C9H21N3O4S/c1-4-16-8(13)12-17(14,15)11-7-9(2,3)5-6-10/h11H,4-7,10H2,1-3H3,(H,12,13). The van der Waals surface area contributed by atoms with E-state index in [1.165, 1.54) is 0 Å². The largest absolute Gasteiger partial charge is 0.449 e. The summed E-state index contributed by atoms with van der Waals surface area (Å²) in [4.78, 5) is 10.9. The Bertz CT molecular complexity index is 340. The Balaban J connectivity index is 4.23. The first-order valence-corrected chi connectivity index (χ1v) is 6.85. The fraction of sp³-hybridized carbons (Fsp3) is 0.889. The molecular weight excluding hydrogens is 246 g/mol. The fourth-order valence-electron chi connectivity index (χ4n) is 1.08. The quantitative estimate of drug-likeness (QED) is 0.598. The third kappa shape index (κ3) is 7.94. The maximum Gasteiger partial charge on any atom is 0.421 e. The molecule has 0 aromatic heterocycles. The minimum atomic E-state index is -3.87. The number of nitrogens with two attached hydrogens (primary N) is 1. The summed E-state index contributed by atoms with van der Waals surface area (Å²) in [6.07, 6.45) is -0.314. The molecule has 1 amide bonds. The maximum absolute atomic E-state index is 11.4. The van der Waals surface area contributed by atoms with Crippen LogP contribution in [-0.4, -0.2) is 34.2 Å². The SMILES string of the molecule is CCOC(=O)NS(=O)(=O)NCC(C)(C)CCN. The van der Waals surface area contributed by atoms with Crippen LogP contribution in [0.5, 0.6) is 0 Å². The van der Waals surface area contributed by atoms with Crippen molar-refractivity contribution in [2.24, 2.45) is 11.1 Å². The van der Waals surface area contributed by atoms with Crippen molar-refractivity contribution >= 4 is 16.3 Å². The second-order valence-electron chi connectivity index (χ2n) is 4.35. The van der Waals surface area contributed by atoms with Gasteiger partial charge >= 0.3 is 16.3 Å². The normalized spacial score (nSPS) is 12.2. The zero-order valence-corrected chi connectivity index (χ0v) is 11.3. The second-order valence-corrected chi connectivity index (χ2v) is 5.85. The molecule has 0 rings (SSSR count). The molecule has 0 saturated heterocycles. The number of amides is 1. The van der Waals surface area contributed by atoms with Gasteiger partial charge in [0.25, 0.3) is 0 Å². The van der Waals surface area contributed by atoms with E-state index in [1.54, 1.807) is 11.6 Å². The molecule has 0 fully saturated rings. The first-order chi connectivity index (χ1) is 7.72. The van der Waals surface area contributed by atoms with E-state index in [4.69, 9.17) is 5.73 Å². The van der Waals surface area contributed by atoms with E-state index in [0.29, 0.717) is 13.0 Å². The maximum atomic E-state index is 11.4. The topological polar surface area (TPSA) is 111 Å². The van der Waals surface area contributed by atoms with Gasteiger partial charge in [0.05, 0.1) is 6.61 Å². The Morgan fingerprint density at radius 3 is 2.47 bits per heavy atom. The van der Waals surface area contributed by atoms with Crippen LogP contribution in [0.15, 0.2) is 0 Å². The number of hydrogen-bond donors (Lipinski definition) is 3. The summed E-state index contributed by atoms with van der Waals surface area (Å²) < 4.78 is 31.3. The van der Waals surface area contributed by atoms with Crippen LogP contribution in [0.3, 0.4) is 0 Å². The predicted molar refractivity (Wildman–Crippen MR) is 64.5 cm³/mol. The third-order valence-corrected chi connectivity index (χ3v) is 3.01. The zero-order chi connectivity index (χ0) is 13.5. The summed E-state index contributed by atoms with van der Waals surface area (Å²) in [5.74, 6) is 0. The lowest BCUT2D eigenvalue weighted by Crippen LogP contribution is -2.44. The highest BCUT2D eigenvalue weighted by molar-refractivity contribution is 7.88. The molecule has 0 aliphatic heterocycles. The number of carbonyl (C=O) groups excluding carboxylic acids is 1. The minimum Gasteiger partial charge on any atom is -0.449 e. The Labute approximate surface area is 102 Å². The number of nitrogens with one attached hydrogen (secondary N) is 2. The van der Waals surface area contributed by atoms with E-state index < -0.39 is 16.3 Å². The summed E-state index contributed by atoms with van der Waals surface area (Å²) in [5, 5.41) is 0. The molecule has 0 radical (unpaired) electrons. The monoisotopic (exact) mass is 267 g/mol. The lowest BCUT2D eigenvalue weighted by molar-refractivity contribution is 0.158. The molecule has 0 heterocycles. The molecule has 17 heavy (non-hydrogen) atoms. The molecule has 0 aromatic rings. The van der Waals surface area contributed by atoms with Crippen molar-refractivity contribution in [1.82, 2.24) is 9.44 Å². The van der Waals surface area contributed by atoms with Gasteiger partial charge in [0.2, 0.25) is 0 Å². The number of carbonyl (C=O) groups is 1. The Morgan fingerprint density at radius 1 is 1.41 bits per heavy atom. The summed E-state index contributed by atoms with van der Waals surface area (Å²) in [7, 11) is -3.87. The smallest absolute Gasteiger partial charge is 0.421 e. The van der Waals surface area contributed by atoms with Crippen LogP contribution in [0.25, 0.3) is 0 Å². The molecule has 0 aliphatic rings.